The van der Waals surface area contributed by atoms with Crippen molar-refractivity contribution in [3.63, 3.8) is 0 Å². The lowest BCUT2D eigenvalue weighted by Gasteiger charge is -2.32. The second-order valence-electron chi connectivity index (χ2n) is 9.90. The van der Waals surface area contributed by atoms with E-state index in [4.69, 9.17) is 14.5 Å². The highest BCUT2D eigenvalue weighted by atomic mass is 16.5. The van der Waals surface area contributed by atoms with Crippen LogP contribution < -0.4 is 15.4 Å². The van der Waals surface area contributed by atoms with Crippen molar-refractivity contribution in [2.45, 2.75) is 50.7 Å². The third-order valence-electron chi connectivity index (χ3n) is 7.56. The summed E-state index contributed by atoms with van der Waals surface area (Å²) in [5, 5.41) is 25.0. The summed E-state index contributed by atoms with van der Waals surface area (Å²) in [4.78, 5) is 9.35. The van der Waals surface area contributed by atoms with Crippen LogP contribution in [0.4, 0.5) is 17.6 Å². The van der Waals surface area contributed by atoms with Gasteiger partial charge in [-0.1, -0.05) is 0 Å². The number of aliphatic hydroxyl groups is 1. The van der Waals surface area contributed by atoms with Crippen LogP contribution in [0.3, 0.4) is 0 Å². The molecule has 3 heterocycles. The van der Waals surface area contributed by atoms with Gasteiger partial charge in [0.05, 0.1) is 18.8 Å². The zero-order valence-corrected chi connectivity index (χ0v) is 17.8. The lowest BCUT2D eigenvalue weighted by Crippen LogP contribution is -2.37. The topological polar surface area (TPSA) is 117 Å². The molecule has 7 rings (SSSR count). The Labute approximate surface area is 181 Å². The van der Waals surface area contributed by atoms with Crippen molar-refractivity contribution in [3.8, 4) is 5.88 Å². The van der Waals surface area contributed by atoms with Crippen molar-refractivity contribution >= 4 is 17.6 Å². The summed E-state index contributed by atoms with van der Waals surface area (Å²) >= 11 is 0. The molecule has 1 aliphatic heterocycles. The van der Waals surface area contributed by atoms with Crippen LogP contribution in [0.5, 0.6) is 5.88 Å². The molecule has 9 nitrogen and oxygen atoms in total. The minimum absolute atomic E-state index is 0.211. The van der Waals surface area contributed by atoms with Crippen LogP contribution in [0.1, 0.15) is 37.8 Å². The molecule has 0 amide bonds. The van der Waals surface area contributed by atoms with E-state index in [-0.39, 0.29) is 12.0 Å². The first kappa shape index (κ1) is 19.3. The Kier molecular flexibility index (Phi) is 4.57. The summed E-state index contributed by atoms with van der Waals surface area (Å²) in [6.45, 7) is 4.06. The molecule has 166 valence electrons. The zero-order chi connectivity index (χ0) is 21.0. The molecule has 31 heavy (non-hydrogen) atoms. The van der Waals surface area contributed by atoms with Crippen LogP contribution in [-0.4, -0.2) is 56.7 Å². The first-order chi connectivity index (χ1) is 15.0. The van der Waals surface area contributed by atoms with Gasteiger partial charge in [0.2, 0.25) is 11.8 Å². The fourth-order valence-electron chi connectivity index (χ4n) is 6.30. The van der Waals surface area contributed by atoms with Crippen LogP contribution in [0.2, 0.25) is 0 Å². The number of nitrogens with one attached hydrogen (secondary N) is 3. The Morgan fingerprint density at radius 1 is 1.26 bits per heavy atom. The highest BCUT2D eigenvalue weighted by molar-refractivity contribution is 5.55. The van der Waals surface area contributed by atoms with Gasteiger partial charge in [0.1, 0.15) is 5.82 Å². The highest BCUT2D eigenvalue weighted by Gasteiger charge is 2.62. The Balaban J connectivity index is 1.23. The van der Waals surface area contributed by atoms with Gasteiger partial charge in [0.25, 0.3) is 0 Å². The molecule has 4 bridgehead atoms. The molecule has 4 aliphatic carbocycles. The molecule has 2 aromatic rings. The Bertz CT molecular complexity index is 960. The highest BCUT2D eigenvalue weighted by Crippen LogP contribution is 2.60. The van der Waals surface area contributed by atoms with Gasteiger partial charge in [-0.25, -0.2) is 0 Å². The monoisotopic (exact) mass is 426 g/mol. The van der Waals surface area contributed by atoms with Gasteiger partial charge >= 0.3 is 0 Å². The number of H-pyrrole nitrogens is 1. The van der Waals surface area contributed by atoms with E-state index in [1.54, 1.807) is 0 Å². The molecule has 9 heteroatoms. The molecule has 0 spiro atoms. The van der Waals surface area contributed by atoms with Crippen LogP contribution in [-0.2, 0) is 4.74 Å². The first-order valence-corrected chi connectivity index (χ1v) is 11.4. The Morgan fingerprint density at radius 2 is 2.19 bits per heavy atom. The lowest BCUT2D eigenvalue weighted by molar-refractivity contribution is 0.00988. The van der Waals surface area contributed by atoms with Crippen LogP contribution in [0.15, 0.2) is 12.1 Å². The fourth-order valence-corrected chi connectivity index (χ4v) is 6.30. The second kappa shape index (κ2) is 7.34. The molecule has 0 radical (unpaired) electrons. The zero-order valence-electron chi connectivity index (χ0n) is 17.8. The quantitative estimate of drug-likeness (QED) is 0.534. The van der Waals surface area contributed by atoms with Crippen LogP contribution >= 0.6 is 0 Å². The predicted molar refractivity (Wildman–Crippen MR) is 114 cm³/mol. The average molecular weight is 427 g/mol. The molecule has 1 saturated heterocycles. The van der Waals surface area contributed by atoms with Crippen molar-refractivity contribution in [2.75, 3.05) is 30.5 Å². The number of hydrogen-bond donors (Lipinski definition) is 4. The Hall–Kier alpha value is -2.39. The van der Waals surface area contributed by atoms with Gasteiger partial charge < -0.3 is 25.2 Å². The number of aromatic amines is 1. The SMILES string of the molecule is Cc1cc(Nc2cc(OCC3CCOC3)nc(NC3C4CC5CC3C(O)(C5)C4)n2)n[nH]1. The summed E-state index contributed by atoms with van der Waals surface area (Å²) < 4.78 is 11.5. The number of rotatable bonds is 7. The standard InChI is InChI=1S/C22H30N6O3/c1-12-4-18(28-27-12)23-17-7-19(31-11-13-2-3-30-10-13)25-21(24-17)26-20-15-5-14-6-16(20)22(29,8-14)9-15/h4,7,13-16,20,29H,2-3,5-6,8-11H2,1H3,(H3,23,24,25,26,27,28). The number of anilines is 3. The normalized spacial score (nSPS) is 35.6. The summed E-state index contributed by atoms with van der Waals surface area (Å²) in [5.74, 6) is 4.24. The fraction of sp³-hybridized carbons (Fsp3) is 0.682. The van der Waals surface area contributed by atoms with E-state index in [9.17, 15) is 5.11 Å². The van der Waals surface area contributed by atoms with Gasteiger partial charge in [-0.2, -0.15) is 15.1 Å². The first-order valence-electron chi connectivity index (χ1n) is 11.4. The molecule has 5 aliphatic rings. The molecule has 0 aromatic carbocycles. The molecular weight excluding hydrogens is 396 g/mol. The molecule has 4 N–H and O–H groups in total. The van der Waals surface area contributed by atoms with Crippen molar-refractivity contribution < 1.29 is 14.6 Å². The van der Waals surface area contributed by atoms with Gasteiger partial charge in [0.15, 0.2) is 5.82 Å². The minimum atomic E-state index is -0.504. The van der Waals surface area contributed by atoms with Crippen molar-refractivity contribution in [1.29, 1.82) is 0 Å². The van der Waals surface area contributed by atoms with Crippen molar-refractivity contribution in [3.05, 3.63) is 17.8 Å². The second-order valence-corrected chi connectivity index (χ2v) is 9.90. The molecule has 4 saturated carbocycles. The smallest absolute Gasteiger partial charge is 0.228 e. The predicted octanol–water partition coefficient (Wildman–Crippen LogP) is 2.63. The van der Waals surface area contributed by atoms with E-state index in [0.717, 1.165) is 44.6 Å². The molecule has 2 aromatic heterocycles. The molecular formula is C22H30N6O3. The third kappa shape index (κ3) is 3.63. The van der Waals surface area contributed by atoms with Crippen LogP contribution in [0.25, 0.3) is 0 Å². The number of hydrogen-bond acceptors (Lipinski definition) is 8. The van der Waals surface area contributed by atoms with E-state index < -0.39 is 5.60 Å². The lowest BCUT2D eigenvalue weighted by atomic mass is 9.79. The summed E-state index contributed by atoms with van der Waals surface area (Å²) in [6.07, 6.45) is 5.14. The summed E-state index contributed by atoms with van der Waals surface area (Å²) in [6, 6.07) is 3.95. The van der Waals surface area contributed by atoms with E-state index in [0.29, 0.717) is 47.8 Å². The minimum Gasteiger partial charge on any atom is -0.477 e. The number of aryl methyl sites for hydroxylation is 1. The largest absolute Gasteiger partial charge is 0.477 e. The van der Waals surface area contributed by atoms with Crippen molar-refractivity contribution in [1.82, 2.24) is 20.2 Å². The number of ether oxygens (including phenoxy) is 2. The van der Waals surface area contributed by atoms with Crippen LogP contribution in [0, 0.1) is 30.6 Å². The van der Waals surface area contributed by atoms with E-state index >= 15 is 0 Å². The third-order valence-corrected chi connectivity index (χ3v) is 7.56. The van der Waals surface area contributed by atoms with Gasteiger partial charge in [0, 0.05) is 42.3 Å². The van der Waals surface area contributed by atoms with Gasteiger partial charge in [-0.3, -0.25) is 5.10 Å². The van der Waals surface area contributed by atoms with E-state index in [1.807, 2.05) is 19.1 Å². The number of nitrogens with zero attached hydrogens (tertiary/aromatic N) is 3. The van der Waals surface area contributed by atoms with Gasteiger partial charge in [-0.05, 0) is 50.9 Å². The average Bonchev–Trinajstić information content (AvgIpc) is 3.47. The maximum absolute atomic E-state index is 11.1. The molecule has 5 fully saturated rings. The summed E-state index contributed by atoms with van der Waals surface area (Å²) in [7, 11) is 0. The van der Waals surface area contributed by atoms with Gasteiger partial charge in [-0.15, -0.1) is 0 Å². The van der Waals surface area contributed by atoms with E-state index in [2.05, 4.69) is 25.8 Å². The Morgan fingerprint density at radius 3 is 2.97 bits per heavy atom. The maximum atomic E-state index is 11.1. The van der Waals surface area contributed by atoms with E-state index in [1.165, 1.54) is 6.42 Å². The molecule has 6 unspecified atom stereocenters. The maximum Gasteiger partial charge on any atom is 0.228 e. The summed E-state index contributed by atoms with van der Waals surface area (Å²) in [5.41, 5.74) is 0.466. The molecule has 6 atom stereocenters. The number of aromatic nitrogens is 4. The van der Waals surface area contributed by atoms with Crippen molar-refractivity contribution in [2.24, 2.45) is 23.7 Å².